The molecule has 1 aromatic carbocycles. The van der Waals surface area contributed by atoms with Crippen molar-refractivity contribution in [3.63, 3.8) is 0 Å². The van der Waals surface area contributed by atoms with Crippen molar-refractivity contribution < 1.29 is 9.90 Å². The van der Waals surface area contributed by atoms with E-state index in [1.165, 1.54) is 0 Å². The number of nitrogens with two attached hydrogens (primary N) is 1. The minimum atomic E-state index is -0.538. The first kappa shape index (κ1) is 14.0. The van der Waals surface area contributed by atoms with Gasteiger partial charge in [-0.1, -0.05) is 37.6 Å². The van der Waals surface area contributed by atoms with Crippen LogP contribution < -0.4 is 11.1 Å². The minimum Gasteiger partial charge on any atom is -0.390 e. The molecule has 4 nitrogen and oxygen atoms in total. The van der Waals surface area contributed by atoms with Gasteiger partial charge in [-0.05, 0) is 17.5 Å². The van der Waals surface area contributed by atoms with Crippen LogP contribution >= 0.6 is 0 Å². The Bertz CT molecular complexity index is 448. The van der Waals surface area contributed by atoms with Gasteiger partial charge in [-0.3, -0.25) is 4.79 Å². The molecule has 4 heteroatoms. The molecule has 0 heterocycles. The van der Waals surface area contributed by atoms with E-state index in [1.54, 1.807) is 0 Å². The molecule has 1 aliphatic carbocycles. The van der Waals surface area contributed by atoms with Gasteiger partial charge in [-0.25, -0.2) is 0 Å². The molecule has 1 aromatic rings. The highest BCUT2D eigenvalue weighted by atomic mass is 16.3. The molecule has 4 N–H and O–H groups in total. The van der Waals surface area contributed by atoms with Gasteiger partial charge in [-0.2, -0.15) is 0 Å². The standard InChI is InChI=1S/C15H22N2O2/c1-2-5-11(16)9-14(19)17-15-12-7-4-3-6-10(12)8-13(15)18/h3-4,6-7,11,13,15,18H,2,5,8-9,16H2,1H3,(H,17,19)/t11?,13-,15+/m0/s1. The van der Waals surface area contributed by atoms with Gasteiger partial charge in [0.15, 0.2) is 0 Å². The van der Waals surface area contributed by atoms with Gasteiger partial charge in [0, 0.05) is 18.9 Å². The van der Waals surface area contributed by atoms with E-state index in [1.807, 2.05) is 24.3 Å². The number of nitrogens with one attached hydrogen (secondary N) is 1. The number of carbonyl (C=O) groups is 1. The summed E-state index contributed by atoms with van der Waals surface area (Å²) < 4.78 is 0. The number of hydrogen-bond acceptors (Lipinski definition) is 3. The number of carbonyl (C=O) groups excluding carboxylic acids is 1. The first-order valence-corrected chi connectivity index (χ1v) is 6.92. The highest BCUT2D eigenvalue weighted by Gasteiger charge is 2.31. The third-order valence-electron chi connectivity index (χ3n) is 3.63. The Kier molecular flexibility index (Phi) is 4.56. The fourth-order valence-electron chi connectivity index (χ4n) is 2.69. The van der Waals surface area contributed by atoms with Crippen LogP contribution in [-0.4, -0.2) is 23.2 Å². The second-order valence-corrected chi connectivity index (χ2v) is 5.27. The van der Waals surface area contributed by atoms with E-state index in [2.05, 4.69) is 12.2 Å². The summed E-state index contributed by atoms with van der Waals surface area (Å²) in [5.74, 6) is -0.0818. The predicted octanol–water partition coefficient (Wildman–Crippen LogP) is 1.28. The number of benzene rings is 1. The maximum absolute atomic E-state index is 11.9. The van der Waals surface area contributed by atoms with Crippen LogP contribution in [0.5, 0.6) is 0 Å². The number of rotatable bonds is 5. The normalized spacial score (nSPS) is 22.9. The summed E-state index contributed by atoms with van der Waals surface area (Å²) >= 11 is 0. The van der Waals surface area contributed by atoms with E-state index in [0.717, 1.165) is 24.0 Å². The average Bonchev–Trinajstić information content (AvgIpc) is 2.66. The Hall–Kier alpha value is -1.39. The van der Waals surface area contributed by atoms with Crippen LogP contribution in [-0.2, 0) is 11.2 Å². The smallest absolute Gasteiger partial charge is 0.222 e. The second-order valence-electron chi connectivity index (χ2n) is 5.27. The minimum absolute atomic E-state index is 0.0818. The zero-order chi connectivity index (χ0) is 13.8. The molecule has 0 aromatic heterocycles. The summed E-state index contributed by atoms with van der Waals surface area (Å²) in [4.78, 5) is 11.9. The van der Waals surface area contributed by atoms with E-state index in [9.17, 15) is 9.90 Å². The van der Waals surface area contributed by atoms with Gasteiger partial charge in [-0.15, -0.1) is 0 Å². The molecule has 3 atom stereocenters. The lowest BCUT2D eigenvalue weighted by Crippen LogP contribution is -2.37. The fourth-order valence-corrected chi connectivity index (χ4v) is 2.69. The topological polar surface area (TPSA) is 75.4 Å². The van der Waals surface area contributed by atoms with Crippen LogP contribution in [0.3, 0.4) is 0 Å². The molecule has 0 bridgehead atoms. The van der Waals surface area contributed by atoms with E-state index < -0.39 is 6.10 Å². The van der Waals surface area contributed by atoms with Crippen LogP contribution in [0.4, 0.5) is 0 Å². The van der Waals surface area contributed by atoms with Crippen LogP contribution in [0.15, 0.2) is 24.3 Å². The number of fused-ring (bicyclic) bond motifs is 1. The zero-order valence-corrected chi connectivity index (χ0v) is 11.3. The average molecular weight is 262 g/mol. The van der Waals surface area contributed by atoms with Gasteiger partial charge < -0.3 is 16.2 Å². The molecule has 0 aliphatic heterocycles. The maximum atomic E-state index is 11.9. The summed E-state index contributed by atoms with van der Waals surface area (Å²) in [6.07, 6.45) is 2.20. The number of amides is 1. The van der Waals surface area contributed by atoms with Gasteiger partial charge in [0.05, 0.1) is 12.1 Å². The quantitative estimate of drug-likeness (QED) is 0.748. The number of aliphatic hydroxyl groups is 1. The largest absolute Gasteiger partial charge is 0.390 e. The summed E-state index contributed by atoms with van der Waals surface area (Å²) in [5, 5.41) is 13.0. The predicted molar refractivity (Wildman–Crippen MR) is 74.5 cm³/mol. The first-order chi connectivity index (χ1) is 9.11. The highest BCUT2D eigenvalue weighted by molar-refractivity contribution is 5.77. The molecule has 0 radical (unpaired) electrons. The van der Waals surface area contributed by atoms with Crippen molar-refractivity contribution in [3.8, 4) is 0 Å². The van der Waals surface area contributed by atoms with Crippen molar-refractivity contribution in [2.75, 3.05) is 0 Å². The van der Waals surface area contributed by atoms with Gasteiger partial charge >= 0.3 is 0 Å². The van der Waals surface area contributed by atoms with Crippen LogP contribution in [0, 0.1) is 0 Å². The summed E-state index contributed by atoms with van der Waals surface area (Å²) in [7, 11) is 0. The lowest BCUT2D eigenvalue weighted by molar-refractivity contribution is -0.123. The first-order valence-electron chi connectivity index (χ1n) is 6.92. The van der Waals surface area contributed by atoms with Gasteiger partial charge in [0.1, 0.15) is 0 Å². The van der Waals surface area contributed by atoms with Crippen molar-refractivity contribution in [2.24, 2.45) is 5.73 Å². The number of hydrogen-bond donors (Lipinski definition) is 3. The fraction of sp³-hybridized carbons (Fsp3) is 0.533. The van der Waals surface area contributed by atoms with Gasteiger partial charge in [0.2, 0.25) is 5.91 Å². The molecule has 1 amide bonds. The third kappa shape index (κ3) is 3.33. The van der Waals surface area contributed by atoms with E-state index in [-0.39, 0.29) is 18.0 Å². The zero-order valence-electron chi connectivity index (χ0n) is 11.3. The van der Waals surface area contributed by atoms with Crippen LogP contribution in [0.2, 0.25) is 0 Å². The van der Waals surface area contributed by atoms with Crippen molar-refractivity contribution in [1.82, 2.24) is 5.32 Å². The summed E-state index contributed by atoms with van der Waals surface area (Å²) in [6.45, 7) is 2.05. The molecule has 19 heavy (non-hydrogen) atoms. The molecule has 104 valence electrons. The molecule has 0 fully saturated rings. The molecular weight excluding hydrogens is 240 g/mol. The Labute approximate surface area is 114 Å². The molecule has 1 unspecified atom stereocenters. The Morgan fingerprint density at radius 3 is 3.00 bits per heavy atom. The lowest BCUT2D eigenvalue weighted by Gasteiger charge is -2.19. The van der Waals surface area contributed by atoms with Crippen molar-refractivity contribution >= 4 is 5.91 Å². The van der Waals surface area contributed by atoms with Crippen LogP contribution in [0.25, 0.3) is 0 Å². The third-order valence-corrected chi connectivity index (χ3v) is 3.63. The lowest BCUT2D eigenvalue weighted by atomic mass is 10.1. The Morgan fingerprint density at radius 1 is 1.53 bits per heavy atom. The maximum Gasteiger partial charge on any atom is 0.222 e. The van der Waals surface area contributed by atoms with Gasteiger partial charge in [0.25, 0.3) is 0 Å². The van der Waals surface area contributed by atoms with Crippen LogP contribution in [0.1, 0.15) is 43.4 Å². The van der Waals surface area contributed by atoms with Crippen molar-refractivity contribution in [1.29, 1.82) is 0 Å². The monoisotopic (exact) mass is 262 g/mol. The number of aliphatic hydroxyl groups excluding tert-OH is 1. The molecule has 2 rings (SSSR count). The van der Waals surface area contributed by atoms with Crippen molar-refractivity contribution in [2.45, 2.75) is 50.8 Å². The Morgan fingerprint density at radius 2 is 2.26 bits per heavy atom. The molecule has 0 saturated carbocycles. The highest BCUT2D eigenvalue weighted by Crippen LogP contribution is 2.31. The Balaban J connectivity index is 1.97. The second kappa shape index (κ2) is 6.17. The summed E-state index contributed by atoms with van der Waals surface area (Å²) in [5.41, 5.74) is 8.00. The van der Waals surface area contributed by atoms with E-state index in [4.69, 9.17) is 5.73 Å². The molecular formula is C15H22N2O2. The SMILES string of the molecule is CCCC(N)CC(=O)N[C@@H]1c2ccccc2C[C@@H]1O. The van der Waals surface area contributed by atoms with E-state index in [0.29, 0.717) is 12.8 Å². The molecule has 0 saturated heterocycles. The molecule has 1 aliphatic rings. The molecule has 0 spiro atoms. The van der Waals surface area contributed by atoms with E-state index >= 15 is 0 Å². The van der Waals surface area contributed by atoms with Crippen molar-refractivity contribution in [3.05, 3.63) is 35.4 Å². The summed E-state index contributed by atoms with van der Waals surface area (Å²) in [6, 6.07) is 7.44.